The van der Waals surface area contributed by atoms with E-state index in [2.05, 4.69) is 4.90 Å². The molecule has 2 fully saturated rings. The van der Waals surface area contributed by atoms with Crippen LogP contribution in [0.1, 0.15) is 31.2 Å². The molecule has 1 aromatic rings. The van der Waals surface area contributed by atoms with Gasteiger partial charge in [0.2, 0.25) is 0 Å². The number of benzene rings is 1. The summed E-state index contributed by atoms with van der Waals surface area (Å²) in [4.78, 5) is 2.31. The van der Waals surface area contributed by atoms with Crippen molar-refractivity contribution in [2.24, 2.45) is 5.73 Å². The van der Waals surface area contributed by atoms with Crippen LogP contribution in [-0.2, 0) is 0 Å². The summed E-state index contributed by atoms with van der Waals surface area (Å²) >= 11 is 6.10. The first-order valence-corrected chi connectivity index (χ1v) is 7.04. The first-order chi connectivity index (χ1) is 9.06. The molecule has 2 bridgehead atoms. The van der Waals surface area contributed by atoms with Crippen molar-refractivity contribution < 1.29 is 5.11 Å². The molecule has 2 heterocycles. The summed E-state index contributed by atoms with van der Waals surface area (Å²) in [6.07, 6.45) is 3.56. The Labute approximate surface area is 117 Å². The molecule has 0 aliphatic carbocycles. The van der Waals surface area contributed by atoms with E-state index < -0.39 is 0 Å². The average Bonchev–Trinajstić information content (AvgIpc) is 2.61. The standard InChI is InChI=1S/C14H18ClN3O/c15-8-1-4-12(14(16)17)13(5-8)18-9-2-3-10(18)7-11(19)6-9/h1,4-5,9-11,19H,2-3,6-7H2,(H3,16,17). The molecule has 0 saturated carbocycles. The maximum atomic E-state index is 9.87. The number of nitrogens with two attached hydrogens (primary N) is 1. The topological polar surface area (TPSA) is 73.3 Å². The number of hydrogen-bond acceptors (Lipinski definition) is 3. The highest BCUT2D eigenvalue weighted by Crippen LogP contribution is 2.41. The van der Waals surface area contributed by atoms with Gasteiger partial charge in [0, 0.05) is 28.4 Å². The third kappa shape index (κ3) is 2.19. The van der Waals surface area contributed by atoms with Crippen LogP contribution in [0.4, 0.5) is 5.69 Å². The minimum absolute atomic E-state index is 0.0668. The molecule has 0 radical (unpaired) electrons. The molecule has 2 atom stereocenters. The van der Waals surface area contributed by atoms with Gasteiger partial charge in [-0.25, -0.2) is 0 Å². The smallest absolute Gasteiger partial charge is 0.124 e. The summed E-state index contributed by atoms with van der Waals surface area (Å²) < 4.78 is 0. The van der Waals surface area contributed by atoms with E-state index in [0.29, 0.717) is 17.1 Å². The molecule has 2 aliphatic rings. The number of anilines is 1. The van der Waals surface area contributed by atoms with Crippen LogP contribution in [0.3, 0.4) is 0 Å². The minimum atomic E-state index is -0.200. The first-order valence-electron chi connectivity index (χ1n) is 6.66. The number of piperidine rings is 1. The molecule has 2 aliphatic heterocycles. The lowest BCUT2D eigenvalue weighted by molar-refractivity contribution is 0.126. The zero-order chi connectivity index (χ0) is 13.6. The summed E-state index contributed by atoms with van der Waals surface area (Å²) in [5, 5.41) is 18.2. The summed E-state index contributed by atoms with van der Waals surface area (Å²) in [6, 6.07) is 6.14. The summed E-state index contributed by atoms with van der Waals surface area (Å²) in [5.41, 5.74) is 7.35. The number of nitrogen functional groups attached to an aromatic ring is 1. The van der Waals surface area contributed by atoms with Crippen molar-refractivity contribution in [1.29, 1.82) is 5.41 Å². The number of nitrogens with zero attached hydrogens (tertiary/aromatic N) is 1. The number of amidine groups is 1. The van der Waals surface area contributed by atoms with Gasteiger partial charge >= 0.3 is 0 Å². The lowest BCUT2D eigenvalue weighted by Gasteiger charge is -2.40. The second kappa shape index (κ2) is 4.69. The summed E-state index contributed by atoms with van der Waals surface area (Å²) in [7, 11) is 0. The molecule has 2 saturated heterocycles. The Kier molecular flexibility index (Phi) is 3.15. The maximum Gasteiger partial charge on any atom is 0.124 e. The van der Waals surface area contributed by atoms with Crippen LogP contribution >= 0.6 is 11.6 Å². The second-order valence-corrected chi connectivity index (χ2v) is 5.93. The Bertz CT molecular complexity index is 505. The van der Waals surface area contributed by atoms with Crippen molar-refractivity contribution >= 4 is 23.1 Å². The van der Waals surface area contributed by atoms with Gasteiger partial charge < -0.3 is 15.7 Å². The Morgan fingerprint density at radius 3 is 2.53 bits per heavy atom. The fourth-order valence-electron chi connectivity index (χ4n) is 3.49. The van der Waals surface area contributed by atoms with E-state index in [0.717, 1.165) is 36.9 Å². The molecule has 0 aromatic heterocycles. The molecule has 4 nitrogen and oxygen atoms in total. The molecule has 3 rings (SSSR count). The van der Waals surface area contributed by atoms with E-state index in [1.54, 1.807) is 6.07 Å². The predicted octanol–water partition coefficient (Wildman–Crippen LogP) is 2.12. The molecule has 5 heteroatoms. The van der Waals surface area contributed by atoms with Crippen LogP contribution in [0.15, 0.2) is 18.2 Å². The van der Waals surface area contributed by atoms with Gasteiger partial charge in [-0.1, -0.05) is 11.6 Å². The van der Waals surface area contributed by atoms with Crippen molar-refractivity contribution in [3.8, 4) is 0 Å². The fourth-order valence-corrected chi connectivity index (χ4v) is 3.65. The van der Waals surface area contributed by atoms with Gasteiger partial charge in [-0.15, -0.1) is 0 Å². The predicted molar refractivity (Wildman–Crippen MR) is 77.0 cm³/mol. The summed E-state index contributed by atoms with van der Waals surface area (Å²) in [5.74, 6) is 0.0668. The van der Waals surface area contributed by atoms with Crippen LogP contribution in [0, 0.1) is 5.41 Å². The monoisotopic (exact) mass is 279 g/mol. The molecular weight excluding hydrogens is 262 g/mol. The lowest BCUT2D eigenvalue weighted by Crippen LogP contribution is -2.45. The van der Waals surface area contributed by atoms with Gasteiger partial charge in [0.15, 0.2) is 0 Å². The maximum absolute atomic E-state index is 9.87. The third-order valence-corrected chi connectivity index (χ3v) is 4.47. The van der Waals surface area contributed by atoms with Gasteiger partial charge in [-0.2, -0.15) is 0 Å². The van der Waals surface area contributed by atoms with Gasteiger partial charge in [0.25, 0.3) is 0 Å². The number of aliphatic hydroxyl groups excluding tert-OH is 1. The van der Waals surface area contributed by atoms with Crippen molar-refractivity contribution in [3.05, 3.63) is 28.8 Å². The molecule has 0 amide bonds. The van der Waals surface area contributed by atoms with Gasteiger partial charge in [-0.05, 0) is 43.9 Å². The van der Waals surface area contributed by atoms with E-state index in [4.69, 9.17) is 22.7 Å². The second-order valence-electron chi connectivity index (χ2n) is 5.49. The van der Waals surface area contributed by atoms with E-state index >= 15 is 0 Å². The van der Waals surface area contributed by atoms with Crippen molar-refractivity contribution in [3.63, 3.8) is 0 Å². The Morgan fingerprint density at radius 1 is 1.32 bits per heavy atom. The van der Waals surface area contributed by atoms with E-state index in [9.17, 15) is 5.11 Å². The van der Waals surface area contributed by atoms with Crippen molar-refractivity contribution in [2.75, 3.05) is 4.90 Å². The number of aliphatic hydroxyl groups is 1. The zero-order valence-electron chi connectivity index (χ0n) is 10.6. The van der Waals surface area contributed by atoms with Gasteiger partial charge in [0.1, 0.15) is 5.84 Å². The zero-order valence-corrected chi connectivity index (χ0v) is 11.4. The number of hydrogen-bond donors (Lipinski definition) is 3. The first kappa shape index (κ1) is 12.8. The molecule has 4 N–H and O–H groups in total. The van der Waals surface area contributed by atoms with Crippen LogP contribution in [0.2, 0.25) is 5.02 Å². The normalized spacial score (nSPS) is 29.6. The largest absolute Gasteiger partial charge is 0.393 e. The number of rotatable bonds is 2. The van der Waals surface area contributed by atoms with Gasteiger partial charge in [-0.3, -0.25) is 5.41 Å². The molecule has 19 heavy (non-hydrogen) atoms. The third-order valence-electron chi connectivity index (χ3n) is 4.24. The van der Waals surface area contributed by atoms with Crippen LogP contribution in [0.25, 0.3) is 0 Å². The van der Waals surface area contributed by atoms with Gasteiger partial charge in [0.05, 0.1) is 6.10 Å². The molecule has 1 aromatic carbocycles. The number of fused-ring (bicyclic) bond motifs is 2. The van der Waals surface area contributed by atoms with Crippen LogP contribution in [-0.4, -0.2) is 29.1 Å². The fraction of sp³-hybridized carbons (Fsp3) is 0.500. The molecule has 2 unspecified atom stereocenters. The molecule has 102 valence electrons. The minimum Gasteiger partial charge on any atom is -0.393 e. The van der Waals surface area contributed by atoms with E-state index in [1.807, 2.05) is 12.1 Å². The molecule has 0 spiro atoms. The number of halogens is 1. The van der Waals surface area contributed by atoms with Crippen LogP contribution < -0.4 is 10.6 Å². The van der Waals surface area contributed by atoms with Crippen molar-refractivity contribution in [1.82, 2.24) is 0 Å². The SMILES string of the molecule is N=C(N)c1ccc(Cl)cc1N1C2CCC1CC(O)C2. The average molecular weight is 280 g/mol. The highest BCUT2D eigenvalue weighted by Gasteiger charge is 2.41. The van der Waals surface area contributed by atoms with E-state index in [1.165, 1.54) is 0 Å². The van der Waals surface area contributed by atoms with E-state index in [-0.39, 0.29) is 11.9 Å². The quantitative estimate of drug-likeness (QED) is 0.573. The Balaban J connectivity index is 2.03. The highest BCUT2D eigenvalue weighted by atomic mass is 35.5. The van der Waals surface area contributed by atoms with Crippen LogP contribution in [0.5, 0.6) is 0 Å². The Morgan fingerprint density at radius 2 is 1.95 bits per heavy atom. The Hall–Kier alpha value is -1.26. The van der Waals surface area contributed by atoms with Crippen molar-refractivity contribution in [2.45, 2.75) is 43.9 Å². The highest BCUT2D eigenvalue weighted by molar-refractivity contribution is 6.31. The summed E-state index contributed by atoms with van der Waals surface area (Å²) in [6.45, 7) is 0. The molecular formula is C14H18ClN3O. The lowest BCUT2D eigenvalue weighted by atomic mass is 9.97. The number of nitrogens with one attached hydrogen (secondary N) is 1.